The Kier molecular flexibility index (Phi) is 7.80. The third kappa shape index (κ3) is 6.04. The Hall–Kier alpha value is -2.92. The number of rotatable bonds is 8. The molecule has 0 bridgehead atoms. The first-order valence-electron chi connectivity index (χ1n) is 10.7. The number of hydrogen-bond acceptors (Lipinski definition) is 3. The van der Waals surface area contributed by atoms with E-state index in [2.05, 4.69) is 11.0 Å². The lowest BCUT2D eigenvalue weighted by Crippen LogP contribution is -2.47. The highest BCUT2D eigenvalue weighted by atomic mass is 16.4. The molecule has 0 atom stereocenters. The van der Waals surface area contributed by atoms with Crippen molar-refractivity contribution in [3.05, 3.63) is 71.8 Å². The van der Waals surface area contributed by atoms with Gasteiger partial charge < -0.3 is 14.9 Å². The van der Waals surface area contributed by atoms with E-state index in [1.54, 1.807) is 6.08 Å². The Bertz CT molecular complexity index is 871. The number of benzene rings is 2. The molecule has 0 spiro atoms. The van der Waals surface area contributed by atoms with Crippen LogP contribution >= 0.6 is 0 Å². The molecule has 1 fully saturated rings. The van der Waals surface area contributed by atoms with Crippen LogP contribution in [-0.2, 0) is 16.0 Å². The number of carbonyl (C=O) groups excluding carboxylic acids is 1. The molecule has 0 saturated carbocycles. The van der Waals surface area contributed by atoms with Crippen molar-refractivity contribution in [2.24, 2.45) is 0 Å². The fourth-order valence-corrected chi connectivity index (χ4v) is 4.03. The van der Waals surface area contributed by atoms with Crippen LogP contribution in [0.25, 0.3) is 6.08 Å². The molecule has 1 amide bonds. The number of carbonyl (C=O) groups is 2. The van der Waals surface area contributed by atoms with Gasteiger partial charge in [0, 0.05) is 43.9 Å². The highest BCUT2D eigenvalue weighted by Gasteiger charge is 2.28. The number of amides is 1. The van der Waals surface area contributed by atoms with Crippen molar-refractivity contribution >= 4 is 23.6 Å². The van der Waals surface area contributed by atoms with E-state index in [9.17, 15) is 9.59 Å². The van der Waals surface area contributed by atoms with Crippen molar-refractivity contribution in [2.75, 3.05) is 24.5 Å². The maximum atomic E-state index is 12.6. The van der Waals surface area contributed by atoms with Crippen molar-refractivity contribution in [3.8, 4) is 0 Å². The summed E-state index contributed by atoms with van der Waals surface area (Å²) in [6, 6.07) is 18.3. The standard InChI is InChI=1S/C25H30N2O3/c1-2-24(28)27(22-9-4-3-5-10-22)23-14-17-26(18-15-23)16-13-21-8-6-7-20(19-21)11-12-25(29)30/h3-12,19,23H,2,13-18H2,1H3,(H,29,30)/b12-11+. The summed E-state index contributed by atoms with van der Waals surface area (Å²) < 4.78 is 0. The minimum atomic E-state index is -0.936. The third-order valence-electron chi connectivity index (χ3n) is 5.61. The molecule has 30 heavy (non-hydrogen) atoms. The topological polar surface area (TPSA) is 60.9 Å². The first kappa shape index (κ1) is 21.8. The van der Waals surface area contributed by atoms with Gasteiger partial charge in [0.15, 0.2) is 0 Å². The van der Waals surface area contributed by atoms with Crippen molar-refractivity contribution in [1.29, 1.82) is 0 Å². The Morgan fingerprint density at radius 2 is 1.83 bits per heavy atom. The van der Waals surface area contributed by atoms with E-state index in [1.807, 2.05) is 60.4 Å². The van der Waals surface area contributed by atoms with Crippen molar-refractivity contribution in [1.82, 2.24) is 4.90 Å². The van der Waals surface area contributed by atoms with E-state index in [-0.39, 0.29) is 11.9 Å². The first-order valence-corrected chi connectivity index (χ1v) is 10.7. The van der Waals surface area contributed by atoms with E-state index < -0.39 is 5.97 Å². The summed E-state index contributed by atoms with van der Waals surface area (Å²) in [4.78, 5) is 27.7. The van der Waals surface area contributed by atoms with Gasteiger partial charge in [0.05, 0.1) is 0 Å². The minimum absolute atomic E-state index is 0.186. The van der Waals surface area contributed by atoms with E-state index in [0.29, 0.717) is 6.42 Å². The third-order valence-corrected chi connectivity index (χ3v) is 5.61. The fraction of sp³-hybridized carbons (Fsp3) is 0.360. The molecule has 0 aromatic heterocycles. The second-order valence-corrected chi connectivity index (χ2v) is 7.69. The largest absolute Gasteiger partial charge is 0.478 e. The van der Waals surface area contributed by atoms with Gasteiger partial charge in [0.1, 0.15) is 0 Å². The van der Waals surface area contributed by atoms with Crippen LogP contribution in [0.2, 0.25) is 0 Å². The SMILES string of the molecule is CCC(=O)N(c1ccccc1)C1CCN(CCc2cccc(/C=C/C(=O)O)c2)CC1. The molecule has 3 rings (SSSR count). The molecule has 1 heterocycles. The number of hydrogen-bond donors (Lipinski definition) is 1. The van der Waals surface area contributed by atoms with Gasteiger partial charge in [-0.25, -0.2) is 4.79 Å². The summed E-state index contributed by atoms with van der Waals surface area (Å²) in [7, 11) is 0. The number of nitrogens with zero attached hydrogens (tertiary/aromatic N) is 2. The molecular weight excluding hydrogens is 376 g/mol. The first-order chi connectivity index (χ1) is 14.6. The van der Waals surface area contributed by atoms with E-state index in [1.165, 1.54) is 11.6 Å². The summed E-state index contributed by atoms with van der Waals surface area (Å²) >= 11 is 0. The Labute approximate surface area is 178 Å². The monoisotopic (exact) mass is 406 g/mol. The Balaban J connectivity index is 1.55. The molecule has 1 aliphatic heterocycles. The number of carboxylic acids is 1. The van der Waals surface area contributed by atoms with Crippen LogP contribution in [0.4, 0.5) is 5.69 Å². The molecule has 2 aromatic carbocycles. The molecule has 0 unspecified atom stereocenters. The van der Waals surface area contributed by atoms with Crippen LogP contribution in [0, 0.1) is 0 Å². The number of piperidine rings is 1. The van der Waals surface area contributed by atoms with Gasteiger partial charge in [-0.2, -0.15) is 0 Å². The fourth-order valence-electron chi connectivity index (χ4n) is 4.03. The van der Waals surface area contributed by atoms with Gasteiger partial charge in [-0.3, -0.25) is 4.79 Å². The lowest BCUT2D eigenvalue weighted by molar-refractivity contribution is -0.131. The number of para-hydroxylation sites is 1. The normalized spacial score (nSPS) is 15.4. The zero-order valence-electron chi connectivity index (χ0n) is 17.5. The Morgan fingerprint density at radius 3 is 2.50 bits per heavy atom. The molecule has 1 saturated heterocycles. The number of aliphatic carboxylic acids is 1. The highest BCUT2D eigenvalue weighted by Crippen LogP contribution is 2.24. The van der Waals surface area contributed by atoms with E-state index in [0.717, 1.165) is 50.1 Å². The van der Waals surface area contributed by atoms with Gasteiger partial charge in [-0.05, 0) is 48.6 Å². The van der Waals surface area contributed by atoms with Crippen LogP contribution < -0.4 is 4.90 Å². The molecule has 1 N–H and O–H groups in total. The lowest BCUT2D eigenvalue weighted by atomic mass is 10.0. The molecular formula is C25H30N2O3. The van der Waals surface area contributed by atoms with Gasteiger partial charge in [0.25, 0.3) is 0 Å². The van der Waals surface area contributed by atoms with Gasteiger partial charge in [0.2, 0.25) is 5.91 Å². The van der Waals surface area contributed by atoms with E-state index >= 15 is 0 Å². The van der Waals surface area contributed by atoms with Crippen molar-refractivity contribution in [3.63, 3.8) is 0 Å². The second-order valence-electron chi connectivity index (χ2n) is 7.69. The minimum Gasteiger partial charge on any atom is -0.478 e. The molecule has 2 aromatic rings. The number of carboxylic acid groups (broad SMARTS) is 1. The van der Waals surface area contributed by atoms with Gasteiger partial charge >= 0.3 is 5.97 Å². The van der Waals surface area contributed by atoms with Crippen LogP contribution in [0.15, 0.2) is 60.7 Å². The smallest absolute Gasteiger partial charge is 0.328 e. The Morgan fingerprint density at radius 1 is 1.10 bits per heavy atom. The number of anilines is 1. The zero-order chi connectivity index (χ0) is 21.3. The summed E-state index contributed by atoms with van der Waals surface area (Å²) in [5.74, 6) is -0.750. The van der Waals surface area contributed by atoms with Gasteiger partial charge in [-0.15, -0.1) is 0 Å². The molecule has 158 valence electrons. The summed E-state index contributed by atoms with van der Waals surface area (Å²) in [6.45, 7) is 4.84. The van der Waals surface area contributed by atoms with Crippen LogP contribution in [0.5, 0.6) is 0 Å². The molecule has 5 heteroatoms. The highest BCUT2D eigenvalue weighted by molar-refractivity contribution is 5.93. The number of likely N-dealkylation sites (tertiary alicyclic amines) is 1. The predicted octanol–water partition coefficient (Wildman–Crippen LogP) is 4.23. The molecule has 0 aliphatic carbocycles. The maximum Gasteiger partial charge on any atom is 0.328 e. The molecule has 1 aliphatic rings. The summed E-state index contributed by atoms with van der Waals surface area (Å²) in [5, 5.41) is 8.78. The quantitative estimate of drug-likeness (QED) is 0.667. The van der Waals surface area contributed by atoms with Crippen LogP contribution in [0.1, 0.15) is 37.3 Å². The van der Waals surface area contributed by atoms with Crippen molar-refractivity contribution < 1.29 is 14.7 Å². The lowest BCUT2D eigenvalue weighted by Gasteiger charge is -2.38. The average molecular weight is 407 g/mol. The summed E-state index contributed by atoms with van der Waals surface area (Å²) in [5.41, 5.74) is 3.11. The average Bonchev–Trinajstić information content (AvgIpc) is 2.78. The van der Waals surface area contributed by atoms with Crippen molar-refractivity contribution in [2.45, 2.75) is 38.6 Å². The zero-order valence-corrected chi connectivity index (χ0v) is 17.5. The maximum absolute atomic E-state index is 12.6. The molecule has 5 nitrogen and oxygen atoms in total. The second kappa shape index (κ2) is 10.7. The van der Waals surface area contributed by atoms with Gasteiger partial charge in [-0.1, -0.05) is 49.4 Å². The van der Waals surface area contributed by atoms with Crippen LogP contribution in [-0.4, -0.2) is 47.6 Å². The van der Waals surface area contributed by atoms with E-state index in [4.69, 9.17) is 5.11 Å². The molecule has 0 radical (unpaired) electrons. The predicted molar refractivity (Wildman–Crippen MR) is 120 cm³/mol. The van der Waals surface area contributed by atoms with Crippen LogP contribution in [0.3, 0.4) is 0 Å². The summed E-state index contributed by atoms with van der Waals surface area (Å²) in [6.07, 6.45) is 6.18.